The smallest absolute Gasteiger partial charge is 0.159 e. The molecule has 0 aliphatic rings. The Morgan fingerprint density at radius 2 is 1.40 bits per heavy atom. The molecule has 30 heavy (non-hydrogen) atoms. The summed E-state index contributed by atoms with van der Waals surface area (Å²) in [6.07, 6.45) is 2.53. The Balaban J connectivity index is 0.00000155. The number of nitrogens with two attached hydrogens (primary N) is 1. The van der Waals surface area contributed by atoms with Crippen molar-refractivity contribution in [2.24, 2.45) is 5.73 Å². The second-order valence-electron chi connectivity index (χ2n) is 6.67. The van der Waals surface area contributed by atoms with E-state index in [9.17, 15) is 15.3 Å². The first-order valence-corrected chi connectivity index (χ1v) is 9.87. The molecule has 2 aromatic carbocycles. The second-order valence-corrected chi connectivity index (χ2v) is 6.67. The third-order valence-electron chi connectivity index (χ3n) is 4.41. The molecule has 7 nitrogen and oxygen atoms in total. The minimum atomic E-state index is -1.22. The van der Waals surface area contributed by atoms with Crippen molar-refractivity contribution in [3.8, 4) is 22.9 Å². The Hall–Kier alpha value is -2.84. The van der Waals surface area contributed by atoms with E-state index in [1.807, 2.05) is 38.1 Å². The highest BCUT2D eigenvalue weighted by molar-refractivity contribution is 5.56. The van der Waals surface area contributed by atoms with Crippen LogP contribution in [-0.2, 0) is 0 Å². The average Bonchev–Trinajstić information content (AvgIpc) is 2.82. The molecule has 3 aromatic rings. The largest absolute Gasteiger partial charge is 0.457 e. The van der Waals surface area contributed by atoms with E-state index >= 15 is 0 Å². The Labute approximate surface area is 176 Å². The molecule has 1 heterocycles. The van der Waals surface area contributed by atoms with E-state index in [-0.39, 0.29) is 6.42 Å². The molecule has 0 fully saturated rings. The van der Waals surface area contributed by atoms with E-state index in [2.05, 4.69) is 9.97 Å². The molecule has 1 unspecified atom stereocenters. The molecule has 0 saturated carbocycles. The van der Waals surface area contributed by atoms with Crippen LogP contribution in [0.25, 0.3) is 11.4 Å². The molecule has 160 valence electrons. The van der Waals surface area contributed by atoms with Gasteiger partial charge in [0.05, 0.1) is 24.9 Å². The quantitative estimate of drug-likeness (QED) is 0.449. The van der Waals surface area contributed by atoms with E-state index < -0.39 is 24.9 Å². The predicted octanol–water partition coefficient (Wildman–Crippen LogP) is 3.07. The van der Waals surface area contributed by atoms with Crippen LogP contribution in [0, 0.1) is 0 Å². The maximum absolute atomic E-state index is 10.3. The van der Waals surface area contributed by atoms with Crippen LogP contribution in [0.2, 0.25) is 0 Å². The van der Waals surface area contributed by atoms with Gasteiger partial charge >= 0.3 is 0 Å². The summed E-state index contributed by atoms with van der Waals surface area (Å²) in [7, 11) is 0. The lowest BCUT2D eigenvalue weighted by molar-refractivity contribution is 0.0618. The van der Waals surface area contributed by atoms with Gasteiger partial charge in [0.25, 0.3) is 0 Å². The van der Waals surface area contributed by atoms with Gasteiger partial charge in [0.15, 0.2) is 5.82 Å². The van der Waals surface area contributed by atoms with Gasteiger partial charge in [0, 0.05) is 18.0 Å². The third-order valence-corrected chi connectivity index (χ3v) is 4.41. The summed E-state index contributed by atoms with van der Waals surface area (Å²) >= 11 is 0. The van der Waals surface area contributed by atoms with Crippen LogP contribution in [0.1, 0.15) is 31.9 Å². The molecule has 1 atom stereocenters. The maximum Gasteiger partial charge on any atom is 0.159 e. The molecule has 0 amide bonds. The molecule has 3 rings (SSSR count). The van der Waals surface area contributed by atoms with Gasteiger partial charge in [0.2, 0.25) is 0 Å². The summed E-state index contributed by atoms with van der Waals surface area (Å²) < 4.78 is 5.82. The molecular weight excluding hydrogens is 382 g/mol. The first-order chi connectivity index (χ1) is 14.5. The van der Waals surface area contributed by atoms with Crippen molar-refractivity contribution in [1.82, 2.24) is 9.97 Å². The third kappa shape index (κ3) is 6.33. The van der Waals surface area contributed by atoms with Gasteiger partial charge in [-0.2, -0.15) is 0 Å². The summed E-state index contributed by atoms with van der Waals surface area (Å²) in [6, 6.07) is 16.1. The van der Waals surface area contributed by atoms with Crippen LogP contribution in [0.4, 0.5) is 0 Å². The molecule has 0 saturated heterocycles. The van der Waals surface area contributed by atoms with Gasteiger partial charge in [-0.25, -0.2) is 9.97 Å². The van der Waals surface area contributed by atoms with Gasteiger partial charge in [0.1, 0.15) is 11.5 Å². The Morgan fingerprint density at radius 1 is 0.900 bits per heavy atom. The number of benzene rings is 2. The first-order valence-electron chi connectivity index (χ1n) is 9.87. The molecule has 7 heteroatoms. The average molecular weight is 412 g/mol. The monoisotopic (exact) mass is 411 g/mol. The fourth-order valence-corrected chi connectivity index (χ4v) is 2.70. The summed E-state index contributed by atoms with van der Waals surface area (Å²) in [5, 5.41) is 28.8. The first kappa shape index (κ1) is 23.4. The molecule has 0 aliphatic carbocycles. The van der Waals surface area contributed by atoms with E-state index in [1.165, 1.54) is 0 Å². The van der Waals surface area contributed by atoms with Gasteiger partial charge in [-0.3, -0.25) is 0 Å². The molecular formula is C23H29N3O4. The van der Waals surface area contributed by atoms with E-state index in [1.54, 1.807) is 42.7 Å². The molecule has 5 N–H and O–H groups in total. The normalized spacial score (nSPS) is 11.9. The van der Waals surface area contributed by atoms with Crippen LogP contribution in [0.5, 0.6) is 11.5 Å². The van der Waals surface area contributed by atoms with Crippen molar-refractivity contribution in [2.45, 2.75) is 31.9 Å². The Kier molecular flexibility index (Phi) is 8.89. The number of aliphatic hydroxyl groups is 3. The number of aromatic nitrogens is 2. The summed E-state index contributed by atoms with van der Waals surface area (Å²) in [6.45, 7) is 3.18. The lowest BCUT2D eigenvalue weighted by Gasteiger charge is -2.27. The zero-order valence-electron chi connectivity index (χ0n) is 17.3. The minimum absolute atomic E-state index is 0.0449. The fraction of sp³-hybridized carbons (Fsp3) is 0.304. The molecule has 0 bridgehead atoms. The maximum atomic E-state index is 10.3. The van der Waals surface area contributed by atoms with E-state index in [4.69, 9.17) is 10.5 Å². The van der Waals surface area contributed by atoms with Crippen LogP contribution in [0.15, 0.2) is 67.0 Å². The highest BCUT2D eigenvalue weighted by Crippen LogP contribution is 2.27. The van der Waals surface area contributed by atoms with E-state index in [0.717, 1.165) is 5.56 Å². The number of hydrogen-bond donors (Lipinski definition) is 4. The fourth-order valence-electron chi connectivity index (χ4n) is 2.70. The van der Waals surface area contributed by atoms with Gasteiger partial charge in [-0.1, -0.05) is 26.0 Å². The van der Waals surface area contributed by atoms with Crippen molar-refractivity contribution >= 4 is 0 Å². The molecule has 1 aromatic heterocycles. The predicted molar refractivity (Wildman–Crippen MR) is 116 cm³/mol. The van der Waals surface area contributed by atoms with E-state index in [0.29, 0.717) is 22.9 Å². The zero-order valence-corrected chi connectivity index (χ0v) is 17.3. The highest BCUT2D eigenvalue weighted by atomic mass is 16.5. The number of ether oxygens (including phenoxy) is 1. The molecule has 0 aliphatic heterocycles. The molecule has 0 spiro atoms. The van der Waals surface area contributed by atoms with Crippen molar-refractivity contribution in [1.29, 1.82) is 0 Å². The minimum Gasteiger partial charge on any atom is -0.457 e. The lowest BCUT2D eigenvalue weighted by atomic mass is 9.92. The highest BCUT2D eigenvalue weighted by Gasteiger charge is 2.27. The van der Waals surface area contributed by atoms with Crippen molar-refractivity contribution < 1.29 is 20.1 Å². The SMILES string of the molecule is CC.NC(CO)(CO)CC(O)c1ccc(Oc2ccc(-c3ncccn3)cc2)cc1. The summed E-state index contributed by atoms with van der Waals surface area (Å²) in [4.78, 5) is 8.42. The van der Waals surface area contributed by atoms with Gasteiger partial charge in [-0.05, 0) is 54.4 Å². The van der Waals surface area contributed by atoms with Gasteiger partial charge in [-0.15, -0.1) is 0 Å². The van der Waals surface area contributed by atoms with Crippen LogP contribution in [-0.4, -0.2) is 44.0 Å². The lowest BCUT2D eigenvalue weighted by Crippen LogP contribution is -2.48. The number of nitrogens with zero attached hydrogens (tertiary/aromatic N) is 2. The molecule has 0 radical (unpaired) electrons. The summed E-state index contributed by atoms with van der Waals surface area (Å²) in [5.41, 5.74) is 6.12. The standard InChI is InChI=1S/C21H23N3O4.C2H6/c22-21(13-25,14-26)12-19(27)15-2-6-17(7-3-15)28-18-8-4-16(5-9-18)20-23-10-1-11-24-20;1-2/h1-11,19,25-27H,12-14,22H2;1-2H3. The Bertz CT molecular complexity index is 867. The van der Waals surface area contributed by atoms with Crippen LogP contribution < -0.4 is 10.5 Å². The van der Waals surface area contributed by atoms with Crippen molar-refractivity contribution in [2.75, 3.05) is 13.2 Å². The number of rotatable bonds is 8. The topological polar surface area (TPSA) is 122 Å². The van der Waals surface area contributed by atoms with Crippen LogP contribution >= 0.6 is 0 Å². The van der Waals surface area contributed by atoms with Gasteiger partial charge < -0.3 is 25.8 Å². The summed E-state index contributed by atoms with van der Waals surface area (Å²) in [5.74, 6) is 1.92. The zero-order chi connectivity index (χ0) is 22.0. The van der Waals surface area contributed by atoms with Crippen LogP contribution in [0.3, 0.4) is 0 Å². The second kappa shape index (κ2) is 11.4. The Morgan fingerprint density at radius 3 is 1.90 bits per heavy atom. The number of hydrogen-bond acceptors (Lipinski definition) is 7. The van der Waals surface area contributed by atoms with Crippen molar-refractivity contribution in [3.05, 3.63) is 72.6 Å². The van der Waals surface area contributed by atoms with Crippen molar-refractivity contribution in [3.63, 3.8) is 0 Å². The number of aliphatic hydroxyl groups excluding tert-OH is 3.